The fourth-order valence-electron chi connectivity index (χ4n) is 1.87. The molecule has 0 aliphatic heterocycles. The molecular formula is C15H14BrF2NO2. The van der Waals surface area contributed by atoms with Crippen LogP contribution in [0.3, 0.4) is 0 Å². The minimum atomic E-state index is -0.656. The Hall–Kier alpha value is -1.82. The SMILES string of the molecule is COc1cc(CNc2c(F)cc(F)cc2Br)cc(OC)c1. The molecular weight excluding hydrogens is 344 g/mol. The second-order valence-electron chi connectivity index (χ2n) is 4.32. The standard InChI is InChI=1S/C15H14BrF2NO2/c1-20-11-3-9(4-12(7-11)21-2)8-19-15-13(16)5-10(17)6-14(15)18/h3-7,19H,8H2,1-2H3. The number of rotatable bonds is 5. The van der Waals surface area contributed by atoms with Gasteiger partial charge in [-0.3, -0.25) is 0 Å². The summed E-state index contributed by atoms with van der Waals surface area (Å²) in [5.41, 5.74) is 1.06. The maximum Gasteiger partial charge on any atom is 0.150 e. The van der Waals surface area contributed by atoms with Crippen LogP contribution in [-0.2, 0) is 6.54 Å². The average Bonchev–Trinajstić information content (AvgIpc) is 2.45. The molecule has 0 aliphatic carbocycles. The normalized spacial score (nSPS) is 10.3. The summed E-state index contributed by atoms with van der Waals surface area (Å²) in [7, 11) is 3.12. The van der Waals surface area contributed by atoms with Crippen LogP contribution in [0.4, 0.5) is 14.5 Å². The molecule has 0 aromatic heterocycles. The highest BCUT2D eigenvalue weighted by Crippen LogP contribution is 2.28. The van der Waals surface area contributed by atoms with E-state index in [2.05, 4.69) is 21.2 Å². The maximum absolute atomic E-state index is 13.7. The highest BCUT2D eigenvalue weighted by atomic mass is 79.9. The number of halogens is 3. The molecule has 6 heteroatoms. The Balaban J connectivity index is 2.20. The van der Waals surface area contributed by atoms with Gasteiger partial charge in [-0.05, 0) is 39.7 Å². The number of methoxy groups -OCH3 is 2. The van der Waals surface area contributed by atoms with Gasteiger partial charge in [0, 0.05) is 23.2 Å². The lowest BCUT2D eigenvalue weighted by atomic mass is 10.2. The predicted molar refractivity (Wildman–Crippen MR) is 80.9 cm³/mol. The van der Waals surface area contributed by atoms with Crippen LogP contribution >= 0.6 is 15.9 Å². The van der Waals surface area contributed by atoms with E-state index in [1.165, 1.54) is 6.07 Å². The number of ether oxygens (including phenoxy) is 2. The van der Waals surface area contributed by atoms with Crippen molar-refractivity contribution >= 4 is 21.6 Å². The van der Waals surface area contributed by atoms with Gasteiger partial charge in [-0.25, -0.2) is 8.78 Å². The molecule has 1 N–H and O–H groups in total. The highest BCUT2D eigenvalue weighted by Gasteiger charge is 2.10. The summed E-state index contributed by atoms with van der Waals surface area (Å²) in [5, 5.41) is 2.93. The Morgan fingerprint density at radius 1 is 1.00 bits per heavy atom. The van der Waals surface area contributed by atoms with Crippen LogP contribution in [0.2, 0.25) is 0 Å². The summed E-state index contributed by atoms with van der Waals surface area (Å²) in [5.74, 6) is -0.000650. The molecule has 0 unspecified atom stereocenters. The summed E-state index contributed by atoms with van der Waals surface area (Å²) in [6, 6.07) is 7.41. The fourth-order valence-corrected chi connectivity index (χ4v) is 2.42. The van der Waals surface area contributed by atoms with Gasteiger partial charge in [0.05, 0.1) is 19.9 Å². The van der Waals surface area contributed by atoms with Gasteiger partial charge in [-0.2, -0.15) is 0 Å². The van der Waals surface area contributed by atoms with E-state index in [-0.39, 0.29) is 5.69 Å². The van der Waals surface area contributed by atoms with Crippen LogP contribution in [0.1, 0.15) is 5.56 Å². The van der Waals surface area contributed by atoms with E-state index in [0.717, 1.165) is 11.6 Å². The van der Waals surface area contributed by atoms with Crippen molar-refractivity contribution < 1.29 is 18.3 Å². The molecule has 2 rings (SSSR count). The largest absolute Gasteiger partial charge is 0.497 e. The molecule has 0 amide bonds. The molecule has 21 heavy (non-hydrogen) atoms. The highest BCUT2D eigenvalue weighted by molar-refractivity contribution is 9.10. The Kier molecular flexibility index (Phi) is 5.01. The van der Waals surface area contributed by atoms with Crippen LogP contribution in [0, 0.1) is 11.6 Å². The third-order valence-electron chi connectivity index (χ3n) is 2.89. The van der Waals surface area contributed by atoms with Crippen LogP contribution < -0.4 is 14.8 Å². The molecule has 0 heterocycles. The number of hydrogen-bond donors (Lipinski definition) is 1. The molecule has 3 nitrogen and oxygen atoms in total. The van der Waals surface area contributed by atoms with Crippen LogP contribution in [0.15, 0.2) is 34.8 Å². The van der Waals surface area contributed by atoms with E-state index in [1.807, 2.05) is 12.1 Å². The predicted octanol–water partition coefficient (Wildman–Crippen LogP) is 4.36. The first-order chi connectivity index (χ1) is 10.0. The van der Waals surface area contributed by atoms with Crippen molar-refractivity contribution in [1.82, 2.24) is 0 Å². The van der Waals surface area contributed by atoms with E-state index in [4.69, 9.17) is 9.47 Å². The number of hydrogen-bond acceptors (Lipinski definition) is 3. The first kappa shape index (κ1) is 15.6. The zero-order valence-electron chi connectivity index (χ0n) is 11.5. The molecule has 0 spiro atoms. The molecule has 112 valence electrons. The number of nitrogens with one attached hydrogen (secondary N) is 1. The summed E-state index contributed by atoms with van der Waals surface area (Å²) in [6.45, 7) is 0.342. The van der Waals surface area contributed by atoms with E-state index in [0.29, 0.717) is 22.5 Å². The molecule has 0 saturated heterocycles. The van der Waals surface area contributed by atoms with Crippen molar-refractivity contribution in [1.29, 1.82) is 0 Å². The van der Waals surface area contributed by atoms with Crippen molar-refractivity contribution in [2.24, 2.45) is 0 Å². The van der Waals surface area contributed by atoms with E-state index >= 15 is 0 Å². The lowest BCUT2D eigenvalue weighted by molar-refractivity contribution is 0.393. The molecule has 0 aliphatic rings. The van der Waals surface area contributed by atoms with Gasteiger partial charge in [0.1, 0.15) is 23.1 Å². The monoisotopic (exact) mass is 357 g/mol. The Morgan fingerprint density at radius 3 is 2.14 bits per heavy atom. The van der Waals surface area contributed by atoms with E-state index in [1.54, 1.807) is 20.3 Å². The van der Waals surface area contributed by atoms with Gasteiger partial charge < -0.3 is 14.8 Å². The average molecular weight is 358 g/mol. The Morgan fingerprint density at radius 2 is 1.62 bits per heavy atom. The van der Waals surface area contributed by atoms with E-state index in [9.17, 15) is 8.78 Å². The van der Waals surface area contributed by atoms with Crippen molar-refractivity contribution in [3.05, 3.63) is 52.0 Å². The third kappa shape index (κ3) is 3.85. The van der Waals surface area contributed by atoms with Crippen LogP contribution in [-0.4, -0.2) is 14.2 Å². The Labute approximate surface area is 130 Å². The summed E-state index contributed by atoms with van der Waals surface area (Å²) in [4.78, 5) is 0. The fraction of sp³-hybridized carbons (Fsp3) is 0.200. The lowest BCUT2D eigenvalue weighted by Crippen LogP contribution is -2.03. The summed E-state index contributed by atoms with van der Waals surface area (Å²) < 4.78 is 37.4. The second kappa shape index (κ2) is 6.76. The quantitative estimate of drug-likeness (QED) is 0.862. The maximum atomic E-state index is 13.7. The zero-order chi connectivity index (χ0) is 15.4. The van der Waals surface area contributed by atoms with E-state index < -0.39 is 11.6 Å². The molecule has 0 fully saturated rings. The molecule has 2 aromatic rings. The van der Waals surface area contributed by atoms with Gasteiger partial charge >= 0.3 is 0 Å². The molecule has 0 radical (unpaired) electrons. The molecule has 0 bridgehead atoms. The van der Waals surface area contributed by atoms with Gasteiger partial charge in [0.2, 0.25) is 0 Å². The number of anilines is 1. The lowest BCUT2D eigenvalue weighted by Gasteiger charge is -2.12. The molecule has 0 saturated carbocycles. The van der Waals surface area contributed by atoms with Gasteiger partial charge in [0.15, 0.2) is 0 Å². The summed E-state index contributed by atoms with van der Waals surface area (Å²) in [6.07, 6.45) is 0. The Bertz CT molecular complexity index is 604. The van der Waals surface area contributed by atoms with Crippen molar-refractivity contribution in [2.45, 2.75) is 6.54 Å². The van der Waals surface area contributed by atoms with Crippen molar-refractivity contribution in [2.75, 3.05) is 19.5 Å². The van der Waals surface area contributed by atoms with Crippen LogP contribution in [0.25, 0.3) is 0 Å². The molecule has 2 aromatic carbocycles. The van der Waals surface area contributed by atoms with Crippen LogP contribution in [0.5, 0.6) is 11.5 Å². The smallest absolute Gasteiger partial charge is 0.150 e. The van der Waals surface area contributed by atoms with Crippen molar-refractivity contribution in [3.8, 4) is 11.5 Å². The van der Waals surface area contributed by atoms with Gasteiger partial charge in [-0.15, -0.1) is 0 Å². The van der Waals surface area contributed by atoms with Gasteiger partial charge in [0.25, 0.3) is 0 Å². The number of benzene rings is 2. The molecule has 0 atom stereocenters. The zero-order valence-corrected chi connectivity index (χ0v) is 13.1. The second-order valence-corrected chi connectivity index (χ2v) is 5.17. The first-order valence-electron chi connectivity index (χ1n) is 6.14. The summed E-state index contributed by atoms with van der Waals surface area (Å²) >= 11 is 3.14. The minimum Gasteiger partial charge on any atom is -0.497 e. The van der Waals surface area contributed by atoms with Gasteiger partial charge in [-0.1, -0.05) is 0 Å². The third-order valence-corrected chi connectivity index (χ3v) is 3.51. The van der Waals surface area contributed by atoms with Crippen molar-refractivity contribution in [3.63, 3.8) is 0 Å². The minimum absolute atomic E-state index is 0.207. The first-order valence-corrected chi connectivity index (χ1v) is 6.93. The topological polar surface area (TPSA) is 30.5 Å².